The Balaban J connectivity index is 1.46. The first-order valence-corrected chi connectivity index (χ1v) is 9.82. The summed E-state index contributed by atoms with van der Waals surface area (Å²) in [5.74, 6) is -0.553. The number of carbonyl (C=O) groups excluding carboxylic acids is 2. The lowest BCUT2D eigenvalue weighted by atomic mass is 10.1. The van der Waals surface area contributed by atoms with Gasteiger partial charge in [-0.05, 0) is 43.9 Å². The molecule has 0 bridgehead atoms. The predicted molar refractivity (Wildman–Crippen MR) is 111 cm³/mol. The molecule has 2 aromatic rings. The quantitative estimate of drug-likeness (QED) is 0.516. The molecule has 156 valence electrons. The number of likely N-dealkylation sites (tertiary alicyclic amines) is 1. The third kappa shape index (κ3) is 4.70. The van der Waals surface area contributed by atoms with Gasteiger partial charge in [-0.3, -0.25) is 4.79 Å². The van der Waals surface area contributed by atoms with Crippen molar-refractivity contribution in [1.82, 2.24) is 14.9 Å². The van der Waals surface area contributed by atoms with Crippen molar-refractivity contribution < 1.29 is 14.0 Å². The van der Waals surface area contributed by atoms with Gasteiger partial charge in [-0.1, -0.05) is 0 Å². The number of amidine groups is 1. The number of H-pyrrole nitrogens is 1. The Morgan fingerprint density at radius 1 is 1.30 bits per heavy atom. The first kappa shape index (κ1) is 19.7. The van der Waals surface area contributed by atoms with E-state index in [-0.39, 0.29) is 35.2 Å². The molecule has 0 atom stereocenters. The van der Waals surface area contributed by atoms with Crippen LogP contribution in [0.2, 0.25) is 0 Å². The fraction of sp³-hybridized carbons (Fsp3) is 0.350. The van der Waals surface area contributed by atoms with Gasteiger partial charge in [-0.25, -0.2) is 19.2 Å². The highest BCUT2D eigenvalue weighted by molar-refractivity contribution is 6.31. The van der Waals surface area contributed by atoms with Crippen LogP contribution in [-0.2, 0) is 4.79 Å². The molecule has 1 saturated carbocycles. The number of urea groups is 1. The van der Waals surface area contributed by atoms with Gasteiger partial charge in [0.25, 0.3) is 5.91 Å². The van der Waals surface area contributed by atoms with Crippen LogP contribution in [-0.4, -0.2) is 51.9 Å². The molecule has 1 aliphatic heterocycles. The molecule has 0 unspecified atom stereocenters. The number of carbonyl (C=O) groups is 2. The molecule has 4 rings (SSSR count). The highest BCUT2D eigenvalue weighted by Gasteiger charge is 2.29. The van der Waals surface area contributed by atoms with Gasteiger partial charge < -0.3 is 20.9 Å². The van der Waals surface area contributed by atoms with Crippen LogP contribution in [0.5, 0.6) is 0 Å². The van der Waals surface area contributed by atoms with Crippen LogP contribution in [0.15, 0.2) is 34.4 Å². The van der Waals surface area contributed by atoms with Gasteiger partial charge in [0.15, 0.2) is 0 Å². The summed E-state index contributed by atoms with van der Waals surface area (Å²) in [7, 11) is 0. The number of aromatic nitrogens is 2. The highest BCUT2D eigenvalue weighted by atomic mass is 19.1. The number of hydrogen-bond donors (Lipinski definition) is 3. The van der Waals surface area contributed by atoms with Crippen molar-refractivity contribution in [2.24, 2.45) is 21.6 Å². The Hall–Kier alpha value is -3.56. The van der Waals surface area contributed by atoms with Gasteiger partial charge in [-0.2, -0.15) is 4.99 Å². The maximum atomic E-state index is 14.4. The minimum Gasteiger partial charge on any atom is -0.382 e. The maximum Gasteiger partial charge on any atom is 0.321 e. The summed E-state index contributed by atoms with van der Waals surface area (Å²) in [5.41, 5.74) is 6.80. The van der Waals surface area contributed by atoms with E-state index in [0.29, 0.717) is 11.4 Å². The van der Waals surface area contributed by atoms with E-state index in [2.05, 4.69) is 25.3 Å². The minimum atomic E-state index is -0.468. The Morgan fingerprint density at radius 2 is 2.07 bits per heavy atom. The molecule has 1 aliphatic carbocycles. The van der Waals surface area contributed by atoms with E-state index in [1.807, 2.05) is 0 Å². The number of benzene rings is 1. The molecular formula is C20H22FN7O2. The number of anilines is 1. The van der Waals surface area contributed by atoms with E-state index in [1.54, 1.807) is 4.90 Å². The molecule has 10 heteroatoms. The van der Waals surface area contributed by atoms with Crippen molar-refractivity contribution in [1.29, 1.82) is 0 Å². The molecule has 1 saturated heterocycles. The van der Waals surface area contributed by atoms with E-state index < -0.39 is 5.82 Å². The summed E-state index contributed by atoms with van der Waals surface area (Å²) in [4.78, 5) is 40.4. The Morgan fingerprint density at radius 3 is 2.80 bits per heavy atom. The highest BCUT2D eigenvalue weighted by Crippen LogP contribution is 2.30. The standard InChI is InChI=1S/C20H22FN7O2/c21-15-6-5-13(25-20(30)28-7-1-2-8-28)9-14(15)16-10-23-19(26-16)24-11-17(22)27-18(29)12-3-4-12/h5-6,9-12H,1-4,7-8H2,(H,23,26)(H,25,30)(H2,22,27,29)/b24-11-. The minimum absolute atomic E-state index is 0.0114. The first-order chi connectivity index (χ1) is 14.5. The number of hydrogen-bond acceptors (Lipinski definition) is 4. The van der Waals surface area contributed by atoms with Crippen LogP contribution in [0.1, 0.15) is 25.7 Å². The van der Waals surface area contributed by atoms with E-state index in [0.717, 1.165) is 38.8 Å². The average molecular weight is 411 g/mol. The second kappa shape index (κ2) is 8.44. The van der Waals surface area contributed by atoms with Gasteiger partial charge in [0.05, 0.1) is 18.1 Å². The number of rotatable bonds is 5. The molecule has 2 heterocycles. The molecule has 1 aromatic heterocycles. The topological polar surface area (TPSA) is 129 Å². The van der Waals surface area contributed by atoms with Crippen molar-refractivity contribution in [3.8, 4) is 11.3 Å². The fourth-order valence-electron chi connectivity index (χ4n) is 3.15. The monoisotopic (exact) mass is 411 g/mol. The summed E-state index contributed by atoms with van der Waals surface area (Å²) in [6.07, 6.45) is 6.33. The van der Waals surface area contributed by atoms with Crippen LogP contribution in [0, 0.1) is 11.7 Å². The van der Waals surface area contributed by atoms with Gasteiger partial charge in [-0.15, -0.1) is 0 Å². The Labute approximate surface area is 172 Å². The number of nitrogens with zero attached hydrogens (tertiary/aromatic N) is 4. The molecule has 3 amide bonds. The predicted octanol–water partition coefficient (Wildman–Crippen LogP) is 2.84. The number of amides is 3. The maximum absolute atomic E-state index is 14.4. The largest absolute Gasteiger partial charge is 0.382 e. The molecule has 0 spiro atoms. The number of imidazole rings is 1. The summed E-state index contributed by atoms with van der Waals surface area (Å²) in [6, 6.07) is 4.13. The van der Waals surface area contributed by atoms with Crippen LogP contribution < -0.4 is 11.1 Å². The van der Waals surface area contributed by atoms with E-state index in [1.165, 1.54) is 30.6 Å². The summed E-state index contributed by atoms with van der Waals surface area (Å²) in [5, 5.41) is 2.79. The molecule has 9 nitrogen and oxygen atoms in total. The molecule has 4 N–H and O–H groups in total. The number of aliphatic imine (C=N–C) groups is 2. The third-order valence-electron chi connectivity index (χ3n) is 4.95. The molecule has 30 heavy (non-hydrogen) atoms. The second-order valence-electron chi connectivity index (χ2n) is 7.35. The lowest BCUT2D eigenvalue weighted by Crippen LogP contribution is -2.32. The normalized spacial score (nSPS) is 17.0. The second-order valence-corrected chi connectivity index (χ2v) is 7.35. The van der Waals surface area contributed by atoms with Gasteiger partial charge in [0.2, 0.25) is 5.95 Å². The first-order valence-electron chi connectivity index (χ1n) is 9.82. The van der Waals surface area contributed by atoms with Crippen LogP contribution in [0.25, 0.3) is 11.3 Å². The van der Waals surface area contributed by atoms with Crippen molar-refractivity contribution >= 4 is 35.6 Å². The van der Waals surface area contributed by atoms with E-state index in [4.69, 9.17) is 5.73 Å². The van der Waals surface area contributed by atoms with Gasteiger partial charge in [0.1, 0.15) is 11.7 Å². The van der Waals surface area contributed by atoms with Crippen molar-refractivity contribution in [2.75, 3.05) is 18.4 Å². The van der Waals surface area contributed by atoms with Crippen LogP contribution in [0.3, 0.4) is 0 Å². The molecule has 0 radical (unpaired) electrons. The van der Waals surface area contributed by atoms with Crippen LogP contribution in [0.4, 0.5) is 20.8 Å². The lowest BCUT2D eigenvalue weighted by molar-refractivity contribution is -0.118. The van der Waals surface area contributed by atoms with E-state index >= 15 is 0 Å². The Bertz CT molecular complexity index is 1020. The smallest absolute Gasteiger partial charge is 0.321 e. The summed E-state index contributed by atoms with van der Waals surface area (Å²) in [6.45, 7) is 1.45. The molecule has 1 aromatic carbocycles. The van der Waals surface area contributed by atoms with Crippen LogP contribution >= 0.6 is 0 Å². The number of nitrogens with two attached hydrogens (primary N) is 1. The van der Waals surface area contributed by atoms with Gasteiger partial charge in [0, 0.05) is 30.3 Å². The number of nitrogens with one attached hydrogen (secondary N) is 2. The zero-order valence-electron chi connectivity index (χ0n) is 16.3. The zero-order chi connectivity index (χ0) is 21.1. The number of aromatic amines is 1. The number of halogens is 1. The van der Waals surface area contributed by atoms with Crippen molar-refractivity contribution in [2.45, 2.75) is 25.7 Å². The summed E-state index contributed by atoms with van der Waals surface area (Å²) >= 11 is 0. The molecule has 2 fully saturated rings. The third-order valence-corrected chi connectivity index (χ3v) is 4.95. The van der Waals surface area contributed by atoms with E-state index in [9.17, 15) is 14.0 Å². The fourth-order valence-corrected chi connectivity index (χ4v) is 3.15. The zero-order valence-corrected chi connectivity index (χ0v) is 16.3. The summed E-state index contributed by atoms with van der Waals surface area (Å²) < 4.78 is 14.4. The van der Waals surface area contributed by atoms with Crippen molar-refractivity contribution in [3.63, 3.8) is 0 Å². The lowest BCUT2D eigenvalue weighted by Gasteiger charge is -2.16. The SMILES string of the molecule is NC(/C=N\c1ncc(-c2cc(NC(=O)N3CCCC3)ccc2F)[nH]1)=NC(=O)C1CC1. The molecular weight excluding hydrogens is 389 g/mol. The van der Waals surface area contributed by atoms with Gasteiger partial charge >= 0.3 is 6.03 Å². The Kier molecular flexibility index (Phi) is 5.55. The average Bonchev–Trinajstić information content (AvgIpc) is 3.24. The molecule has 2 aliphatic rings. The van der Waals surface area contributed by atoms with Crippen molar-refractivity contribution in [3.05, 3.63) is 30.2 Å².